The number of thiophene rings is 1. The number of likely N-dealkylation sites (tertiary alicyclic amines) is 1. The molecule has 3 heterocycles. The summed E-state index contributed by atoms with van der Waals surface area (Å²) in [5.41, 5.74) is 1.02. The number of rotatable bonds is 1. The van der Waals surface area contributed by atoms with Gasteiger partial charge in [0, 0.05) is 24.5 Å². The molecule has 1 fully saturated rings. The third kappa shape index (κ3) is 3.41. The van der Waals surface area contributed by atoms with Crippen LogP contribution < -0.4 is 5.32 Å². The van der Waals surface area contributed by atoms with Crippen LogP contribution in [0.25, 0.3) is 0 Å². The van der Waals surface area contributed by atoms with Crippen molar-refractivity contribution in [1.82, 2.24) is 10.2 Å². The molecule has 1 amide bonds. The number of nitrogens with zero attached hydrogens (tertiary/aromatic N) is 1. The lowest BCUT2D eigenvalue weighted by molar-refractivity contribution is 0.00944. The summed E-state index contributed by atoms with van der Waals surface area (Å²) in [6, 6.07) is 2.26. The highest BCUT2D eigenvalue weighted by Crippen LogP contribution is 2.41. The van der Waals surface area contributed by atoms with Gasteiger partial charge in [-0.3, -0.25) is 0 Å². The van der Waals surface area contributed by atoms with Gasteiger partial charge in [0.1, 0.15) is 5.60 Å². The zero-order chi connectivity index (χ0) is 16.7. The maximum absolute atomic E-state index is 12.4. The van der Waals surface area contributed by atoms with Crippen LogP contribution in [0.2, 0.25) is 0 Å². The molecule has 1 N–H and O–H groups in total. The number of carbonyl (C=O) groups excluding carboxylic acids is 1. The Balaban J connectivity index is 1.76. The van der Waals surface area contributed by atoms with Gasteiger partial charge in [-0.2, -0.15) is 0 Å². The van der Waals surface area contributed by atoms with Gasteiger partial charge in [0.2, 0.25) is 0 Å². The van der Waals surface area contributed by atoms with Gasteiger partial charge >= 0.3 is 6.09 Å². The number of ether oxygens (including phenoxy) is 1. The average molecular weight is 337 g/mol. The van der Waals surface area contributed by atoms with Gasteiger partial charge in [-0.15, -0.1) is 11.3 Å². The molecule has 1 aromatic rings. The third-order valence-electron chi connectivity index (χ3n) is 4.99. The van der Waals surface area contributed by atoms with E-state index in [2.05, 4.69) is 23.7 Å². The minimum absolute atomic E-state index is 0.0254. The van der Waals surface area contributed by atoms with Crippen molar-refractivity contribution in [2.45, 2.75) is 58.1 Å². The predicted octanol–water partition coefficient (Wildman–Crippen LogP) is 3.76. The SMILES string of the molecule is CC(C)(C)OC(=O)N1CCCC(C2(C)NCCc3ccsc32)C1. The molecule has 0 spiro atoms. The smallest absolute Gasteiger partial charge is 0.410 e. The quantitative estimate of drug-likeness (QED) is 0.849. The first-order chi connectivity index (χ1) is 10.8. The standard InChI is InChI=1S/C18H28N2O2S/c1-17(2,3)22-16(21)20-10-5-6-14(12-20)18(4)15-13(7-9-19-18)8-11-23-15/h8,11,14,19H,5-7,9-10,12H2,1-4H3. The molecule has 1 aromatic heterocycles. The van der Waals surface area contributed by atoms with Gasteiger partial charge in [0.25, 0.3) is 0 Å². The molecule has 2 unspecified atom stereocenters. The summed E-state index contributed by atoms with van der Waals surface area (Å²) in [4.78, 5) is 15.8. The van der Waals surface area contributed by atoms with E-state index in [1.54, 1.807) is 0 Å². The van der Waals surface area contributed by atoms with E-state index >= 15 is 0 Å². The molecule has 5 heteroatoms. The van der Waals surface area contributed by atoms with Crippen LogP contribution in [0.5, 0.6) is 0 Å². The van der Waals surface area contributed by atoms with E-state index in [0.29, 0.717) is 5.92 Å². The van der Waals surface area contributed by atoms with Gasteiger partial charge in [-0.25, -0.2) is 4.79 Å². The number of carbonyl (C=O) groups is 1. The Kier molecular flexibility index (Phi) is 4.45. The minimum Gasteiger partial charge on any atom is -0.444 e. The van der Waals surface area contributed by atoms with Gasteiger partial charge in [0.05, 0.1) is 5.54 Å². The minimum atomic E-state index is -0.433. The van der Waals surface area contributed by atoms with Crippen LogP contribution in [0, 0.1) is 5.92 Å². The Morgan fingerprint density at radius 3 is 3.00 bits per heavy atom. The van der Waals surface area contributed by atoms with Gasteiger partial charge in [-0.05, 0) is 69.9 Å². The molecular weight excluding hydrogens is 308 g/mol. The lowest BCUT2D eigenvalue weighted by Crippen LogP contribution is -2.55. The molecule has 4 nitrogen and oxygen atoms in total. The van der Waals surface area contributed by atoms with E-state index in [9.17, 15) is 4.79 Å². The van der Waals surface area contributed by atoms with E-state index in [0.717, 1.165) is 38.9 Å². The fourth-order valence-electron chi connectivity index (χ4n) is 3.80. The second-order valence-electron chi connectivity index (χ2n) is 7.92. The normalized spacial score (nSPS) is 28.3. The first-order valence-electron chi connectivity index (χ1n) is 8.59. The predicted molar refractivity (Wildman–Crippen MR) is 93.9 cm³/mol. The first kappa shape index (κ1) is 16.8. The Morgan fingerprint density at radius 2 is 2.26 bits per heavy atom. The number of hydrogen-bond donors (Lipinski definition) is 1. The molecule has 3 rings (SSSR count). The Labute approximate surface area is 143 Å². The zero-order valence-corrected chi connectivity index (χ0v) is 15.5. The number of amides is 1. The summed E-state index contributed by atoms with van der Waals surface area (Å²) in [6.45, 7) is 10.7. The van der Waals surface area contributed by atoms with Crippen LogP contribution in [-0.2, 0) is 16.7 Å². The topological polar surface area (TPSA) is 41.6 Å². The molecule has 2 aliphatic rings. The summed E-state index contributed by atoms with van der Waals surface area (Å²) >= 11 is 1.85. The number of piperidine rings is 1. The van der Waals surface area contributed by atoms with E-state index in [4.69, 9.17) is 4.74 Å². The van der Waals surface area contributed by atoms with E-state index < -0.39 is 5.60 Å². The highest BCUT2D eigenvalue weighted by atomic mass is 32.1. The first-order valence-corrected chi connectivity index (χ1v) is 9.47. The van der Waals surface area contributed by atoms with E-state index in [1.165, 1.54) is 10.4 Å². The van der Waals surface area contributed by atoms with Crippen LogP contribution in [-0.4, -0.2) is 36.2 Å². The second-order valence-corrected chi connectivity index (χ2v) is 8.84. The van der Waals surface area contributed by atoms with Crippen molar-refractivity contribution in [2.75, 3.05) is 19.6 Å². The summed E-state index contributed by atoms with van der Waals surface area (Å²) in [7, 11) is 0. The van der Waals surface area contributed by atoms with E-state index in [1.807, 2.05) is 37.0 Å². The molecule has 0 radical (unpaired) electrons. The maximum atomic E-state index is 12.4. The summed E-state index contributed by atoms with van der Waals surface area (Å²) < 4.78 is 5.57. The highest BCUT2D eigenvalue weighted by molar-refractivity contribution is 7.10. The zero-order valence-electron chi connectivity index (χ0n) is 14.6. The lowest BCUT2D eigenvalue weighted by Gasteiger charge is -2.46. The van der Waals surface area contributed by atoms with Crippen molar-refractivity contribution in [3.05, 3.63) is 21.9 Å². The monoisotopic (exact) mass is 336 g/mol. The molecule has 2 atom stereocenters. The fraction of sp³-hybridized carbons (Fsp3) is 0.722. The van der Waals surface area contributed by atoms with Crippen LogP contribution >= 0.6 is 11.3 Å². The molecule has 1 saturated heterocycles. The summed E-state index contributed by atoms with van der Waals surface area (Å²) in [5.74, 6) is 0.432. The molecule has 2 aliphatic heterocycles. The van der Waals surface area contributed by atoms with Crippen molar-refractivity contribution in [3.8, 4) is 0 Å². The van der Waals surface area contributed by atoms with Crippen LogP contribution in [0.3, 0.4) is 0 Å². The lowest BCUT2D eigenvalue weighted by atomic mass is 9.76. The molecule has 23 heavy (non-hydrogen) atoms. The molecule has 0 aliphatic carbocycles. The third-order valence-corrected chi connectivity index (χ3v) is 6.19. The average Bonchev–Trinajstić information content (AvgIpc) is 2.96. The molecular formula is C18H28N2O2S. The molecule has 0 aromatic carbocycles. The van der Waals surface area contributed by atoms with Gasteiger partial charge in [0.15, 0.2) is 0 Å². The van der Waals surface area contributed by atoms with E-state index in [-0.39, 0.29) is 11.6 Å². The molecule has 128 valence electrons. The second kappa shape index (κ2) is 6.10. The largest absolute Gasteiger partial charge is 0.444 e. The van der Waals surface area contributed by atoms with Crippen molar-refractivity contribution in [2.24, 2.45) is 5.92 Å². The van der Waals surface area contributed by atoms with Crippen molar-refractivity contribution in [1.29, 1.82) is 0 Å². The van der Waals surface area contributed by atoms with Crippen LogP contribution in [0.15, 0.2) is 11.4 Å². The van der Waals surface area contributed by atoms with Crippen molar-refractivity contribution >= 4 is 17.4 Å². The molecule has 0 saturated carbocycles. The van der Waals surface area contributed by atoms with Crippen LogP contribution in [0.1, 0.15) is 51.0 Å². The van der Waals surface area contributed by atoms with Crippen molar-refractivity contribution < 1.29 is 9.53 Å². The number of fused-ring (bicyclic) bond motifs is 1. The summed E-state index contributed by atoms with van der Waals surface area (Å²) in [6.07, 6.45) is 3.13. The van der Waals surface area contributed by atoms with Gasteiger partial charge in [-0.1, -0.05) is 0 Å². The number of hydrogen-bond acceptors (Lipinski definition) is 4. The number of nitrogens with one attached hydrogen (secondary N) is 1. The Bertz CT molecular complexity index is 578. The highest BCUT2D eigenvalue weighted by Gasteiger charge is 2.43. The van der Waals surface area contributed by atoms with Crippen LogP contribution in [0.4, 0.5) is 4.79 Å². The van der Waals surface area contributed by atoms with Gasteiger partial charge < -0.3 is 15.0 Å². The fourth-order valence-corrected chi connectivity index (χ4v) is 4.97. The Hall–Kier alpha value is -1.07. The Morgan fingerprint density at radius 1 is 1.48 bits per heavy atom. The van der Waals surface area contributed by atoms with Crippen molar-refractivity contribution in [3.63, 3.8) is 0 Å². The maximum Gasteiger partial charge on any atom is 0.410 e. The summed E-state index contributed by atoms with van der Waals surface area (Å²) in [5, 5.41) is 5.95. The molecule has 0 bridgehead atoms.